The van der Waals surface area contributed by atoms with Crippen LogP contribution in [0.15, 0.2) is 34.6 Å². The van der Waals surface area contributed by atoms with Crippen molar-refractivity contribution in [3.05, 3.63) is 40.3 Å². The predicted molar refractivity (Wildman–Crippen MR) is 105 cm³/mol. The number of Topliss-reactive ketones (excluding diaryl/α,β-unsaturated/α-hetero) is 1. The van der Waals surface area contributed by atoms with E-state index in [-0.39, 0.29) is 17.8 Å². The molecule has 0 aromatic carbocycles. The van der Waals surface area contributed by atoms with Crippen LogP contribution in [0.2, 0.25) is 5.15 Å². The summed E-state index contributed by atoms with van der Waals surface area (Å²) in [6.45, 7) is 8.17. The number of ether oxygens (including phenoxy) is 1. The Labute approximate surface area is 164 Å². The van der Waals surface area contributed by atoms with Gasteiger partial charge in [0.2, 0.25) is 0 Å². The molecule has 2 heterocycles. The third kappa shape index (κ3) is 3.84. The van der Waals surface area contributed by atoms with E-state index in [1.807, 2.05) is 13.0 Å². The predicted octanol–water partition coefficient (Wildman–Crippen LogP) is 4.51. The summed E-state index contributed by atoms with van der Waals surface area (Å²) < 4.78 is 5.32. The highest BCUT2D eigenvalue weighted by Crippen LogP contribution is 2.47. The highest BCUT2D eigenvalue weighted by molar-refractivity contribution is 6.29. The molecule has 0 radical (unpaired) electrons. The highest BCUT2D eigenvalue weighted by atomic mass is 35.5. The lowest BCUT2D eigenvalue weighted by Crippen LogP contribution is -2.44. The van der Waals surface area contributed by atoms with Gasteiger partial charge in [0.05, 0.1) is 23.8 Å². The van der Waals surface area contributed by atoms with Gasteiger partial charge in [-0.1, -0.05) is 38.4 Å². The Bertz CT molecular complexity index is 824. The Morgan fingerprint density at radius 3 is 2.59 bits per heavy atom. The fraction of sp³-hybridized carbons (Fsp3) is 0.524. The van der Waals surface area contributed by atoms with Gasteiger partial charge in [-0.15, -0.1) is 0 Å². The zero-order valence-corrected chi connectivity index (χ0v) is 17.0. The number of allylic oxidation sites excluding steroid dienone is 1. The number of hydrogen-bond acceptors (Lipinski definition) is 5. The molecule has 3 rings (SSSR count). The first kappa shape index (κ1) is 19.7. The Kier molecular flexibility index (Phi) is 5.52. The molecule has 2 unspecified atom stereocenters. The summed E-state index contributed by atoms with van der Waals surface area (Å²) in [5, 5.41) is 0.372. The third-order valence-electron chi connectivity index (χ3n) is 5.19. The van der Waals surface area contributed by atoms with Gasteiger partial charge in [-0.05, 0) is 36.8 Å². The van der Waals surface area contributed by atoms with Crippen LogP contribution in [0.5, 0.6) is 0 Å². The molecule has 1 aliphatic heterocycles. The number of hydrogen-bond donors (Lipinski definition) is 0. The number of aliphatic imine (C=N–C) groups is 1. The van der Waals surface area contributed by atoms with Gasteiger partial charge in [-0.25, -0.2) is 9.78 Å². The van der Waals surface area contributed by atoms with Crippen LogP contribution in [-0.2, 0) is 14.3 Å². The smallest absolute Gasteiger partial charge is 0.336 e. The topological polar surface area (TPSA) is 68.6 Å². The molecule has 5 nitrogen and oxygen atoms in total. The molecule has 0 bridgehead atoms. The minimum absolute atomic E-state index is 0.113. The van der Waals surface area contributed by atoms with Crippen molar-refractivity contribution in [2.75, 3.05) is 6.61 Å². The number of aromatic nitrogens is 1. The monoisotopic (exact) mass is 388 g/mol. The molecule has 144 valence electrons. The van der Waals surface area contributed by atoms with E-state index in [0.29, 0.717) is 29.3 Å². The minimum atomic E-state index is -0.448. The lowest BCUT2D eigenvalue weighted by molar-refractivity contribution is -0.139. The lowest BCUT2D eigenvalue weighted by Gasteiger charge is -2.41. The second kappa shape index (κ2) is 7.55. The Morgan fingerprint density at radius 1 is 1.26 bits per heavy atom. The molecular formula is C21H25ClN2O3. The van der Waals surface area contributed by atoms with Gasteiger partial charge in [0, 0.05) is 24.2 Å². The summed E-state index contributed by atoms with van der Waals surface area (Å²) in [5.41, 5.74) is 2.70. The van der Waals surface area contributed by atoms with Crippen LogP contribution < -0.4 is 0 Å². The molecule has 0 amide bonds. The van der Waals surface area contributed by atoms with Crippen LogP contribution in [0.4, 0.5) is 0 Å². The maximum Gasteiger partial charge on any atom is 0.336 e. The van der Waals surface area contributed by atoms with Crippen LogP contribution in [-0.4, -0.2) is 29.1 Å². The quantitative estimate of drug-likeness (QED) is 0.562. The third-order valence-corrected chi connectivity index (χ3v) is 5.42. The first-order valence-corrected chi connectivity index (χ1v) is 9.77. The maximum absolute atomic E-state index is 13.1. The molecule has 6 heteroatoms. The maximum atomic E-state index is 13.1. The van der Waals surface area contributed by atoms with Gasteiger partial charge in [0.1, 0.15) is 10.9 Å². The van der Waals surface area contributed by atoms with E-state index in [4.69, 9.17) is 21.3 Å². The molecule has 2 atom stereocenters. The van der Waals surface area contributed by atoms with Crippen molar-refractivity contribution < 1.29 is 14.3 Å². The van der Waals surface area contributed by atoms with Gasteiger partial charge >= 0.3 is 5.97 Å². The van der Waals surface area contributed by atoms with E-state index in [2.05, 4.69) is 18.8 Å². The fourth-order valence-electron chi connectivity index (χ4n) is 4.15. The number of esters is 1. The van der Waals surface area contributed by atoms with Gasteiger partial charge in [0.25, 0.3) is 0 Å². The van der Waals surface area contributed by atoms with Crippen molar-refractivity contribution in [2.24, 2.45) is 16.3 Å². The molecule has 0 spiro atoms. The minimum Gasteiger partial charge on any atom is -0.463 e. The first-order valence-electron chi connectivity index (χ1n) is 9.39. The van der Waals surface area contributed by atoms with Crippen molar-refractivity contribution in [3.8, 4) is 0 Å². The van der Waals surface area contributed by atoms with Crippen LogP contribution in [0.1, 0.15) is 58.4 Å². The second-order valence-electron chi connectivity index (χ2n) is 7.89. The number of ketones is 1. The standard InChI is InChI=1S/C21H25ClN2O3/c1-5-13-19(20(26)27-6-2)17(12-7-8-16(22)23-11-12)18-14(24-13)9-21(3,4)10-15(18)25/h7-8,11,17-18H,5-6,9-10H2,1-4H3. The lowest BCUT2D eigenvalue weighted by atomic mass is 9.63. The van der Waals surface area contributed by atoms with Crippen LogP contribution in [0.25, 0.3) is 0 Å². The summed E-state index contributed by atoms with van der Waals surface area (Å²) in [7, 11) is 0. The van der Waals surface area contributed by atoms with Crippen molar-refractivity contribution in [1.82, 2.24) is 4.98 Å². The van der Waals surface area contributed by atoms with Crippen LogP contribution >= 0.6 is 11.6 Å². The van der Waals surface area contributed by atoms with Crippen molar-refractivity contribution >= 4 is 29.1 Å². The number of pyridine rings is 1. The molecule has 1 fully saturated rings. The molecule has 1 saturated carbocycles. The SMILES string of the molecule is CCOC(=O)C1=C(CC)N=C2CC(C)(C)CC(=O)C2C1c1ccc(Cl)nc1. The van der Waals surface area contributed by atoms with Crippen molar-refractivity contribution in [3.63, 3.8) is 0 Å². The average Bonchev–Trinajstić information content (AvgIpc) is 2.59. The van der Waals surface area contributed by atoms with Gasteiger partial charge < -0.3 is 4.74 Å². The van der Waals surface area contributed by atoms with Crippen LogP contribution in [0, 0.1) is 11.3 Å². The molecule has 1 aromatic rings. The largest absolute Gasteiger partial charge is 0.463 e. The molecule has 1 aromatic heterocycles. The summed E-state index contributed by atoms with van der Waals surface area (Å²) in [4.78, 5) is 34.9. The molecule has 27 heavy (non-hydrogen) atoms. The van der Waals surface area contributed by atoms with E-state index < -0.39 is 17.8 Å². The molecule has 2 aliphatic rings. The Morgan fingerprint density at radius 2 is 2.00 bits per heavy atom. The van der Waals surface area contributed by atoms with E-state index in [1.54, 1.807) is 19.2 Å². The zero-order chi connectivity index (χ0) is 19.8. The molecule has 0 N–H and O–H groups in total. The number of carbonyl (C=O) groups is 2. The summed E-state index contributed by atoms with van der Waals surface area (Å²) in [5.74, 6) is -1.17. The first-order chi connectivity index (χ1) is 12.8. The molecule has 1 aliphatic carbocycles. The van der Waals surface area contributed by atoms with Gasteiger partial charge in [-0.2, -0.15) is 0 Å². The summed E-state index contributed by atoms with van der Waals surface area (Å²) in [6, 6.07) is 3.52. The van der Waals surface area contributed by atoms with E-state index >= 15 is 0 Å². The Balaban J connectivity index is 2.19. The number of carbonyl (C=O) groups excluding carboxylic acids is 2. The molecule has 0 saturated heterocycles. The number of rotatable bonds is 4. The molecular weight excluding hydrogens is 364 g/mol. The second-order valence-corrected chi connectivity index (χ2v) is 8.28. The van der Waals surface area contributed by atoms with Crippen LogP contribution in [0.3, 0.4) is 0 Å². The fourth-order valence-corrected chi connectivity index (χ4v) is 4.26. The normalized spacial score (nSPS) is 24.3. The average molecular weight is 389 g/mol. The van der Waals surface area contributed by atoms with E-state index in [9.17, 15) is 9.59 Å². The Hall–Kier alpha value is -2.01. The summed E-state index contributed by atoms with van der Waals surface area (Å²) >= 11 is 5.95. The summed E-state index contributed by atoms with van der Waals surface area (Å²) in [6.07, 6.45) is 3.44. The number of nitrogens with zero attached hydrogens (tertiary/aromatic N) is 2. The van der Waals surface area contributed by atoms with Gasteiger partial charge in [-0.3, -0.25) is 9.79 Å². The highest BCUT2D eigenvalue weighted by Gasteiger charge is 2.48. The van der Waals surface area contributed by atoms with Gasteiger partial charge in [0.15, 0.2) is 0 Å². The number of halogens is 1. The van der Waals surface area contributed by atoms with E-state index in [0.717, 1.165) is 17.7 Å². The van der Waals surface area contributed by atoms with E-state index in [1.165, 1.54) is 0 Å². The number of fused-ring (bicyclic) bond motifs is 1. The van der Waals surface area contributed by atoms with Crippen molar-refractivity contribution in [2.45, 2.75) is 52.9 Å². The van der Waals surface area contributed by atoms with Crippen molar-refractivity contribution in [1.29, 1.82) is 0 Å². The zero-order valence-electron chi connectivity index (χ0n) is 16.2.